The summed E-state index contributed by atoms with van der Waals surface area (Å²) in [5.41, 5.74) is 4.51. The average molecular weight is 535 g/mol. The van der Waals surface area contributed by atoms with Crippen LogP contribution in [0, 0.1) is 17.2 Å². The molecule has 3 aromatic carbocycles. The molecule has 206 valence electrons. The number of carbonyl (C=O) groups is 2. The molecule has 3 aromatic rings. The molecule has 5 rings (SSSR count). The lowest BCUT2D eigenvalue weighted by atomic mass is 9.89. The molecule has 6 nitrogen and oxygen atoms in total. The fraction of sp³-hybridized carbons (Fsp3) is 0.382. The van der Waals surface area contributed by atoms with Gasteiger partial charge in [0.2, 0.25) is 0 Å². The fourth-order valence-corrected chi connectivity index (χ4v) is 5.82. The third-order valence-electron chi connectivity index (χ3n) is 8.31. The van der Waals surface area contributed by atoms with Gasteiger partial charge in [-0.25, -0.2) is 0 Å². The average Bonchev–Trinajstić information content (AvgIpc) is 3.00. The van der Waals surface area contributed by atoms with E-state index in [0.29, 0.717) is 29.0 Å². The molecule has 6 heteroatoms. The van der Waals surface area contributed by atoms with Crippen LogP contribution in [0.1, 0.15) is 69.5 Å². The van der Waals surface area contributed by atoms with Crippen LogP contribution in [-0.4, -0.2) is 53.7 Å². The molecule has 2 heterocycles. The molecule has 0 aliphatic carbocycles. The number of ketones is 1. The van der Waals surface area contributed by atoms with Gasteiger partial charge in [-0.15, -0.1) is 0 Å². The number of amides is 1. The van der Waals surface area contributed by atoms with Gasteiger partial charge in [-0.3, -0.25) is 19.4 Å². The summed E-state index contributed by atoms with van der Waals surface area (Å²) in [5.74, 6) is 0.517. The van der Waals surface area contributed by atoms with E-state index in [0.717, 1.165) is 65.0 Å². The van der Waals surface area contributed by atoms with Crippen LogP contribution in [0.25, 0.3) is 0 Å². The summed E-state index contributed by atoms with van der Waals surface area (Å²) in [7, 11) is 0. The van der Waals surface area contributed by atoms with E-state index in [1.807, 2.05) is 42.5 Å². The number of hydrogen-bond acceptors (Lipinski definition) is 5. The zero-order valence-corrected chi connectivity index (χ0v) is 23.1. The summed E-state index contributed by atoms with van der Waals surface area (Å²) in [5, 5.41) is 12.1. The van der Waals surface area contributed by atoms with Crippen molar-refractivity contribution in [3.63, 3.8) is 0 Å². The number of Topliss-reactive ketones (excluding diaryl/α,β-unsaturated/α-hetero) is 1. The lowest BCUT2D eigenvalue weighted by Crippen LogP contribution is -2.44. The fourth-order valence-electron chi connectivity index (χ4n) is 5.82. The molecule has 40 heavy (non-hydrogen) atoms. The lowest BCUT2D eigenvalue weighted by molar-refractivity contribution is 0.0902. The van der Waals surface area contributed by atoms with Gasteiger partial charge >= 0.3 is 0 Å². The number of rotatable bonds is 9. The van der Waals surface area contributed by atoms with Gasteiger partial charge in [-0.05, 0) is 80.1 Å². The smallest absolute Gasteiger partial charge is 0.251 e. The quantitative estimate of drug-likeness (QED) is 0.370. The highest BCUT2D eigenvalue weighted by Gasteiger charge is 2.23. The van der Waals surface area contributed by atoms with Crippen molar-refractivity contribution < 1.29 is 9.59 Å². The molecule has 0 radical (unpaired) electrons. The number of nitriles is 1. The summed E-state index contributed by atoms with van der Waals surface area (Å²) in [6, 6.07) is 27.8. The zero-order valence-electron chi connectivity index (χ0n) is 23.1. The number of benzene rings is 3. The van der Waals surface area contributed by atoms with Gasteiger partial charge in [0.25, 0.3) is 5.91 Å². The molecule has 2 aliphatic rings. The molecule has 0 unspecified atom stereocenters. The molecule has 0 aromatic heterocycles. The maximum atomic E-state index is 12.9. The van der Waals surface area contributed by atoms with Gasteiger partial charge in [0.05, 0.1) is 11.6 Å². The van der Waals surface area contributed by atoms with Crippen molar-refractivity contribution in [2.24, 2.45) is 5.92 Å². The van der Waals surface area contributed by atoms with Gasteiger partial charge in [0.15, 0.2) is 5.78 Å². The highest BCUT2D eigenvalue weighted by atomic mass is 16.1. The van der Waals surface area contributed by atoms with Crippen LogP contribution in [0.2, 0.25) is 0 Å². The minimum atomic E-state index is -0.0738. The van der Waals surface area contributed by atoms with Crippen molar-refractivity contribution in [3.8, 4) is 6.07 Å². The topological polar surface area (TPSA) is 76.4 Å². The van der Waals surface area contributed by atoms with Crippen molar-refractivity contribution in [2.45, 2.75) is 51.2 Å². The maximum absolute atomic E-state index is 12.9. The maximum Gasteiger partial charge on any atom is 0.251 e. The van der Waals surface area contributed by atoms with E-state index in [2.05, 4.69) is 45.5 Å². The Morgan fingerprint density at radius 1 is 0.725 bits per heavy atom. The number of nitrogens with zero attached hydrogens (tertiary/aromatic N) is 3. The van der Waals surface area contributed by atoms with Crippen LogP contribution in [0.4, 0.5) is 0 Å². The van der Waals surface area contributed by atoms with Crippen molar-refractivity contribution in [3.05, 3.63) is 107 Å². The first-order chi connectivity index (χ1) is 19.6. The minimum Gasteiger partial charge on any atom is -0.349 e. The molecule has 2 aliphatic heterocycles. The molecular weight excluding hydrogens is 496 g/mol. The largest absolute Gasteiger partial charge is 0.349 e. The van der Waals surface area contributed by atoms with E-state index < -0.39 is 0 Å². The second-order valence-electron chi connectivity index (χ2n) is 11.2. The Morgan fingerprint density at radius 2 is 1.27 bits per heavy atom. The standard InChI is InChI=1S/C34H38N4O2/c35-23-27-6-8-29(9-7-27)25-38-20-16-32(17-21-38)36-34(40)31-12-10-30(11-13-31)33(39)22-26-14-18-37(19-15-26)24-28-4-2-1-3-5-28/h1-13,26,32H,14-22,24-25H2,(H,36,40). The Balaban J connectivity index is 1.03. The van der Waals surface area contributed by atoms with Crippen LogP contribution in [-0.2, 0) is 13.1 Å². The van der Waals surface area contributed by atoms with Crippen LogP contribution < -0.4 is 5.32 Å². The van der Waals surface area contributed by atoms with Crippen molar-refractivity contribution >= 4 is 11.7 Å². The minimum absolute atomic E-state index is 0.0738. The SMILES string of the molecule is N#Cc1ccc(CN2CCC(NC(=O)c3ccc(C(=O)CC4CCN(Cc5ccccc5)CC4)cc3)CC2)cc1. The number of nitrogens with one attached hydrogen (secondary N) is 1. The first-order valence-corrected chi connectivity index (χ1v) is 14.5. The van der Waals surface area contributed by atoms with Crippen molar-refractivity contribution in [2.75, 3.05) is 26.2 Å². The summed E-state index contributed by atoms with van der Waals surface area (Å²) in [4.78, 5) is 30.7. The van der Waals surface area contributed by atoms with Gasteiger partial charge < -0.3 is 5.32 Å². The lowest BCUT2D eigenvalue weighted by Gasteiger charge is -2.32. The third kappa shape index (κ3) is 7.65. The summed E-state index contributed by atoms with van der Waals surface area (Å²) in [6.07, 6.45) is 4.48. The molecule has 0 saturated carbocycles. The Hall–Kier alpha value is -3.79. The number of hydrogen-bond donors (Lipinski definition) is 1. The highest BCUT2D eigenvalue weighted by Crippen LogP contribution is 2.24. The number of carbonyl (C=O) groups excluding carboxylic acids is 2. The summed E-state index contributed by atoms with van der Waals surface area (Å²) >= 11 is 0. The van der Waals surface area contributed by atoms with Crippen LogP contribution in [0.5, 0.6) is 0 Å². The van der Waals surface area contributed by atoms with E-state index in [-0.39, 0.29) is 17.7 Å². The van der Waals surface area contributed by atoms with Crippen molar-refractivity contribution in [1.29, 1.82) is 5.26 Å². The molecule has 2 fully saturated rings. The second kappa shape index (κ2) is 13.5. The van der Waals surface area contributed by atoms with Crippen LogP contribution in [0.3, 0.4) is 0 Å². The van der Waals surface area contributed by atoms with Crippen LogP contribution in [0.15, 0.2) is 78.9 Å². The predicted molar refractivity (Wildman–Crippen MR) is 157 cm³/mol. The molecule has 1 amide bonds. The van der Waals surface area contributed by atoms with Crippen LogP contribution >= 0.6 is 0 Å². The highest BCUT2D eigenvalue weighted by molar-refractivity contribution is 5.99. The normalized spacial score (nSPS) is 17.3. The Bertz CT molecular complexity index is 1300. The first kappa shape index (κ1) is 27.8. The van der Waals surface area contributed by atoms with E-state index >= 15 is 0 Å². The monoisotopic (exact) mass is 534 g/mol. The second-order valence-corrected chi connectivity index (χ2v) is 11.2. The van der Waals surface area contributed by atoms with Gasteiger partial charge in [-0.2, -0.15) is 5.26 Å². The Morgan fingerprint density at radius 3 is 1.88 bits per heavy atom. The molecule has 0 bridgehead atoms. The van der Waals surface area contributed by atoms with Gasteiger partial charge in [0, 0.05) is 49.8 Å². The molecule has 0 atom stereocenters. The molecular formula is C34H38N4O2. The number of piperidine rings is 2. The Labute approximate surface area is 237 Å². The van der Waals surface area contributed by atoms with E-state index in [9.17, 15) is 9.59 Å². The van der Waals surface area contributed by atoms with Gasteiger partial charge in [-0.1, -0.05) is 54.6 Å². The number of likely N-dealkylation sites (tertiary alicyclic amines) is 2. The van der Waals surface area contributed by atoms with Gasteiger partial charge in [0.1, 0.15) is 0 Å². The predicted octanol–water partition coefficient (Wildman–Crippen LogP) is 5.44. The van der Waals surface area contributed by atoms with E-state index in [1.54, 1.807) is 12.1 Å². The zero-order chi connectivity index (χ0) is 27.7. The summed E-state index contributed by atoms with van der Waals surface area (Å²) in [6.45, 7) is 5.73. The van der Waals surface area contributed by atoms with Crippen molar-refractivity contribution in [1.82, 2.24) is 15.1 Å². The Kier molecular flexibility index (Phi) is 9.38. The molecule has 1 N–H and O–H groups in total. The third-order valence-corrected chi connectivity index (χ3v) is 8.31. The van der Waals surface area contributed by atoms with E-state index in [4.69, 9.17) is 5.26 Å². The molecule has 2 saturated heterocycles. The molecule has 0 spiro atoms. The summed E-state index contributed by atoms with van der Waals surface area (Å²) < 4.78 is 0. The van der Waals surface area contributed by atoms with E-state index in [1.165, 1.54) is 11.1 Å². The first-order valence-electron chi connectivity index (χ1n) is 14.5.